The maximum atomic E-state index is 4.87. The van der Waals surface area contributed by atoms with Gasteiger partial charge in [0.2, 0.25) is 0 Å². The van der Waals surface area contributed by atoms with Crippen LogP contribution in [-0.2, 0) is 24.2 Å². The van der Waals surface area contributed by atoms with Crippen molar-refractivity contribution in [2.45, 2.75) is 25.8 Å². The fourth-order valence-corrected chi connectivity index (χ4v) is 2.56. The zero-order chi connectivity index (χ0) is 11.0. The van der Waals surface area contributed by atoms with Crippen molar-refractivity contribution < 1.29 is 4.84 Å². The summed E-state index contributed by atoms with van der Waals surface area (Å²) in [5, 5.41) is 1.39. The zero-order valence-corrected chi connectivity index (χ0v) is 9.47. The first kappa shape index (κ1) is 9.87. The summed E-state index contributed by atoms with van der Waals surface area (Å²) in [5.41, 5.74) is 8.37. The number of aromatic nitrogens is 1. The topological polar surface area (TPSA) is 37.0 Å². The molecule has 3 heteroatoms. The van der Waals surface area contributed by atoms with Gasteiger partial charge in [0.1, 0.15) is 0 Å². The van der Waals surface area contributed by atoms with Crippen LogP contribution in [0.4, 0.5) is 0 Å². The van der Waals surface area contributed by atoms with Crippen LogP contribution in [0.25, 0.3) is 10.9 Å². The molecule has 3 nitrogen and oxygen atoms in total. The van der Waals surface area contributed by atoms with E-state index in [-0.39, 0.29) is 0 Å². The first-order valence-corrected chi connectivity index (χ1v) is 5.76. The van der Waals surface area contributed by atoms with E-state index < -0.39 is 0 Å². The molecule has 0 atom stereocenters. The van der Waals surface area contributed by atoms with Crippen LogP contribution < -0.4 is 5.48 Å². The molecule has 0 unspecified atom stereocenters. The highest BCUT2D eigenvalue weighted by atomic mass is 16.6. The third-order valence-electron chi connectivity index (χ3n) is 3.33. The van der Waals surface area contributed by atoms with Crippen molar-refractivity contribution in [3.05, 3.63) is 35.0 Å². The first-order chi connectivity index (χ1) is 7.88. The maximum absolute atomic E-state index is 4.87. The van der Waals surface area contributed by atoms with Gasteiger partial charge in [0.05, 0.1) is 7.11 Å². The molecule has 0 amide bonds. The van der Waals surface area contributed by atoms with Crippen molar-refractivity contribution in [1.29, 1.82) is 0 Å². The van der Waals surface area contributed by atoms with E-state index in [0.717, 1.165) is 6.54 Å². The van der Waals surface area contributed by atoms with Crippen molar-refractivity contribution in [3.63, 3.8) is 0 Å². The average Bonchev–Trinajstić information content (AvgIpc) is 2.86. The second-order valence-corrected chi connectivity index (χ2v) is 4.34. The number of nitrogens with one attached hydrogen (secondary N) is 2. The van der Waals surface area contributed by atoms with Gasteiger partial charge in [-0.3, -0.25) is 0 Å². The molecule has 0 saturated carbocycles. The van der Waals surface area contributed by atoms with Crippen molar-refractivity contribution in [2.24, 2.45) is 0 Å². The molecule has 1 aromatic carbocycles. The number of benzene rings is 1. The minimum absolute atomic E-state index is 0.756. The Morgan fingerprint density at radius 1 is 1.38 bits per heavy atom. The van der Waals surface area contributed by atoms with Crippen LogP contribution in [0.15, 0.2) is 18.2 Å². The van der Waals surface area contributed by atoms with Crippen molar-refractivity contribution in [2.75, 3.05) is 7.11 Å². The number of H-pyrrole nitrogens is 1. The lowest BCUT2D eigenvalue weighted by atomic mass is 10.1. The first-order valence-electron chi connectivity index (χ1n) is 5.76. The molecule has 2 N–H and O–H groups in total. The molecular formula is C13H16N2O. The van der Waals surface area contributed by atoms with Gasteiger partial charge in [0, 0.05) is 23.1 Å². The fourth-order valence-electron chi connectivity index (χ4n) is 2.56. The number of hydrogen-bond donors (Lipinski definition) is 2. The highest BCUT2D eigenvalue weighted by Gasteiger charge is 2.16. The standard InChI is InChI=1S/C13H16N2O/c1-16-14-8-9-5-6-13-11(7-9)10-3-2-4-12(10)15-13/h5-7,14-15H,2-4,8H2,1H3. The Morgan fingerprint density at radius 2 is 2.31 bits per heavy atom. The maximum Gasteiger partial charge on any atom is 0.0572 e. The normalized spacial score (nSPS) is 14.6. The van der Waals surface area contributed by atoms with E-state index in [1.165, 1.54) is 47.0 Å². The molecular weight excluding hydrogens is 200 g/mol. The minimum atomic E-state index is 0.756. The molecule has 0 fully saturated rings. The molecule has 1 aromatic heterocycles. The lowest BCUT2D eigenvalue weighted by Crippen LogP contribution is -2.10. The molecule has 0 radical (unpaired) electrons. The van der Waals surface area contributed by atoms with Crippen LogP contribution in [0.1, 0.15) is 23.2 Å². The van der Waals surface area contributed by atoms with E-state index in [4.69, 9.17) is 4.84 Å². The molecule has 0 spiro atoms. The average molecular weight is 216 g/mol. The van der Waals surface area contributed by atoms with Gasteiger partial charge < -0.3 is 9.82 Å². The Morgan fingerprint density at radius 3 is 3.19 bits per heavy atom. The zero-order valence-electron chi connectivity index (χ0n) is 9.47. The largest absolute Gasteiger partial charge is 0.358 e. The summed E-state index contributed by atoms with van der Waals surface area (Å²) in [4.78, 5) is 8.38. The summed E-state index contributed by atoms with van der Waals surface area (Å²) in [6.45, 7) is 0.756. The lowest BCUT2D eigenvalue weighted by Gasteiger charge is -2.02. The van der Waals surface area contributed by atoms with Crippen molar-refractivity contribution in [3.8, 4) is 0 Å². The third kappa shape index (κ3) is 1.52. The minimum Gasteiger partial charge on any atom is -0.358 e. The number of hydroxylamine groups is 1. The third-order valence-corrected chi connectivity index (χ3v) is 3.33. The summed E-state index contributed by atoms with van der Waals surface area (Å²) < 4.78 is 0. The van der Waals surface area contributed by atoms with E-state index in [0.29, 0.717) is 0 Å². The van der Waals surface area contributed by atoms with Crippen molar-refractivity contribution in [1.82, 2.24) is 10.5 Å². The summed E-state index contributed by atoms with van der Waals surface area (Å²) in [5.74, 6) is 0. The Labute approximate surface area is 94.8 Å². The molecule has 1 heterocycles. The second kappa shape index (κ2) is 3.92. The molecule has 0 aliphatic heterocycles. The van der Waals surface area contributed by atoms with Crippen LogP contribution in [0.3, 0.4) is 0 Å². The predicted molar refractivity (Wildman–Crippen MR) is 64.2 cm³/mol. The van der Waals surface area contributed by atoms with Gasteiger partial charge in [-0.25, -0.2) is 0 Å². The van der Waals surface area contributed by atoms with E-state index in [1.807, 2.05) is 0 Å². The predicted octanol–water partition coefficient (Wildman–Crippen LogP) is 2.31. The summed E-state index contributed by atoms with van der Waals surface area (Å²) >= 11 is 0. The quantitative estimate of drug-likeness (QED) is 0.772. The number of rotatable bonds is 3. The molecule has 0 bridgehead atoms. The van der Waals surface area contributed by atoms with Crippen molar-refractivity contribution >= 4 is 10.9 Å². The van der Waals surface area contributed by atoms with Gasteiger partial charge in [-0.15, -0.1) is 0 Å². The van der Waals surface area contributed by atoms with Crippen LogP contribution in [-0.4, -0.2) is 12.1 Å². The van der Waals surface area contributed by atoms with E-state index >= 15 is 0 Å². The lowest BCUT2D eigenvalue weighted by molar-refractivity contribution is 0.0867. The monoisotopic (exact) mass is 216 g/mol. The van der Waals surface area contributed by atoms with Gasteiger partial charge in [0.25, 0.3) is 0 Å². The van der Waals surface area contributed by atoms with Gasteiger partial charge in [-0.1, -0.05) is 6.07 Å². The van der Waals surface area contributed by atoms with Crippen LogP contribution in [0.2, 0.25) is 0 Å². The highest BCUT2D eigenvalue weighted by Crippen LogP contribution is 2.30. The van der Waals surface area contributed by atoms with E-state index in [1.54, 1.807) is 7.11 Å². The molecule has 1 aliphatic carbocycles. The number of aryl methyl sites for hydroxylation is 2. The van der Waals surface area contributed by atoms with Gasteiger partial charge in [-0.2, -0.15) is 5.48 Å². The Kier molecular flexibility index (Phi) is 2.42. The molecule has 84 valence electrons. The molecule has 1 aliphatic rings. The van der Waals surface area contributed by atoms with Crippen LogP contribution in [0, 0.1) is 0 Å². The van der Waals surface area contributed by atoms with E-state index in [2.05, 4.69) is 28.7 Å². The Bertz CT molecular complexity index is 516. The molecule has 3 rings (SSSR count). The highest BCUT2D eigenvalue weighted by molar-refractivity contribution is 5.85. The Hall–Kier alpha value is -1.32. The van der Waals surface area contributed by atoms with Crippen LogP contribution >= 0.6 is 0 Å². The van der Waals surface area contributed by atoms with Gasteiger partial charge >= 0.3 is 0 Å². The smallest absolute Gasteiger partial charge is 0.0572 e. The summed E-state index contributed by atoms with van der Waals surface area (Å²) in [6, 6.07) is 6.57. The number of aromatic amines is 1. The number of hydrogen-bond acceptors (Lipinski definition) is 2. The fraction of sp³-hybridized carbons (Fsp3) is 0.385. The second-order valence-electron chi connectivity index (χ2n) is 4.34. The number of fused-ring (bicyclic) bond motifs is 3. The SMILES string of the molecule is CONCc1ccc2[nH]c3c(c2c1)CCC3. The Balaban J connectivity index is 2.02. The summed E-state index contributed by atoms with van der Waals surface area (Å²) in [7, 11) is 1.65. The van der Waals surface area contributed by atoms with Gasteiger partial charge in [-0.05, 0) is 42.5 Å². The van der Waals surface area contributed by atoms with E-state index in [9.17, 15) is 0 Å². The van der Waals surface area contributed by atoms with Crippen LogP contribution in [0.5, 0.6) is 0 Å². The van der Waals surface area contributed by atoms with Gasteiger partial charge in [0.15, 0.2) is 0 Å². The molecule has 0 saturated heterocycles. The molecule has 2 aromatic rings. The molecule has 16 heavy (non-hydrogen) atoms. The summed E-state index contributed by atoms with van der Waals surface area (Å²) in [6.07, 6.45) is 3.71.